The minimum atomic E-state index is -0.174. The van der Waals surface area contributed by atoms with Crippen LogP contribution in [0, 0.1) is 5.92 Å². The van der Waals surface area contributed by atoms with Gasteiger partial charge in [-0.05, 0) is 36.1 Å². The van der Waals surface area contributed by atoms with E-state index in [9.17, 15) is 9.90 Å². The SMILES string of the molecule is O=C(C1CC1)N1CCN(Cc2ccc(COc3ncc(-c4cc(Cl)c(O)c(Cl)c4)nn3)cc2)CC1. The lowest BCUT2D eigenvalue weighted by molar-refractivity contribution is -0.134. The number of amides is 1. The molecule has 5 rings (SSSR count). The summed E-state index contributed by atoms with van der Waals surface area (Å²) in [5.41, 5.74) is 3.28. The van der Waals surface area contributed by atoms with Gasteiger partial charge in [0.05, 0.1) is 16.2 Å². The quantitative estimate of drug-likeness (QED) is 0.506. The van der Waals surface area contributed by atoms with Gasteiger partial charge in [-0.3, -0.25) is 9.69 Å². The van der Waals surface area contributed by atoms with Crippen molar-refractivity contribution in [3.63, 3.8) is 0 Å². The summed E-state index contributed by atoms with van der Waals surface area (Å²) in [6.45, 7) is 4.65. The number of carbonyl (C=O) groups is 1. The molecule has 0 spiro atoms. The maximum atomic E-state index is 12.2. The lowest BCUT2D eigenvalue weighted by Crippen LogP contribution is -2.48. The standard InChI is InChI=1S/C25H25Cl2N5O3/c26-20-11-19(12-21(27)23(20)33)22-13-28-25(30-29-22)35-15-17-3-1-16(2-4-17)14-31-7-9-32(10-8-31)24(34)18-5-6-18/h1-4,11-13,18,33H,5-10,14-15H2. The normalized spacial score (nSPS) is 16.3. The number of phenolic OH excluding ortho intramolecular Hbond substituents is 1. The zero-order valence-corrected chi connectivity index (χ0v) is 20.5. The summed E-state index contributed by atoms with van der Waals surface area (Å²) in [5.74, 6) is 0.469. The van der Waals surface area contributed by atoms with Gasteiger partial charge >= 0.3 is 6.01 Å². The van der Waals surface area contributed by atoms with Crippen LogP contribution >= 0.6 is 23.2 Å². The van der Waals surface area contributed by atoms with Crippen molar-refractivity contribution in [2.75, 3.05) is 26.2 Å². The highest BCUT2D eigenvalue weighted by Crippen LogP contribution is 2.35. The van der Waals surface area contributed by atoms with Crippen molar-refractivity contribution in [3.8, 4) is 23.0 Å². The van der Waals surface area contributed by atoms with Crippen LogP contribution in [0.3, 0.4) is 0 Å². The van der Waals surface area contributed by atoms with Crippen LogP contribution in [0.1, 0.15) is 24.0 Å². The minimum Gasteiger partial charge on any atom is -0.505 e. The molecule has 1 aliphatic heterocycles. The molecule has 2 fully saturated rings. The summed E-state index contributed by atoms with van der Waals surface area (Å²) >= 11 is 11.9. The van der Waals surface area contributed by atoms with Crippen LogP contribution in [0.5, 0.6) is 11.8 Å². The summed E-state index contributed by atoms with van der Waals surface area (Å²) in [6.07, 6.45) is 3.64. The van der Waals surface area contributed by atoms with E-state index in [4.69, 9.17) is 27.9 Å². The second kappa shape index (κ2) is 10.4. The van der Waals surface area contributed by atoms with Crippen LogP contribution in [0.4, 0.5) is 0 Å². The number of phenols is 1. The van der Waals surface area contributed by atoms with Gasteiger partial charge in [0.2, 0.25) is 5.91 Å². The first kappa shape index (κ1) is 23.8. The fourth-order valence-corrected chi connectivity index (χ4v) is 4.53. The first-order valence-corrected chi connectivity index (χ1v) is 12.3. The molecule has 1 aliphatic carbocycles. The number of aromatic nitrogens is 3. The van der Waals surface area contributed by atoms with Gasteiger partial charge in [-0.2, -0.15) is 0 Å². The summed E-state index contributed by atoms with van der Waals surface area (Å²) in [5, 5.41) is 18.1. The molecule has 182 valence electrons. The fraction of sp³-hybridized carbons (Fsp3) is 0.360. The largest absolute Gasteiger partial charge is 0.505 e. The van der Waals surface area contributed by atoms with Crippen molar-refractivity contribution >= 4 is 29.1 Å². The van der Waals surface area contributed by atoms with E-state index in [0.29, 0.717) is 29.7 Å². The van der Waals surface area contributed by atoms with E-state index in [0.717, 1.165) is 51.1 Å². The van der Waals surface area contributed by atoms with Crippen molar-refractivity contribution in [2.45, 2.75) is 26.0 Å². The van der Waals surface area contributed by atoms with E-state index in [1.54, 1.807) is 12.1 Å². The van der Waals surface area contributed by atoms with Gasteiger partial charge in [0.25, 0.3) is 0 Å². The highest BCUT2D eigenvalue weighted by Gasteiger charge is 2.34. The number of carbonyl (C=O) groups excluding carboxylic acids is 1. The summed E-state index contributed by atoms with van der Waals surface area (Å²) < 4.78 is 5.67. The minimum absolute atomic E-state index is 0.129. The Balaban J connectivity index is 1.10. The van der Waals surface area contributed by atoms with Gasteiger partial charge in [0.15, 0.2) is 5.75 Å². The van der Waals surface area contributed by atoms with Gasteiger partial charge in [0, 0.05) is 44.2 Å². The third kappa shape index (κ3) is 5.83. The predicted molar refractivity (Wildman–Crippen MR) is 132 cm³/mol. The Morgan fingerprint density at radius 1 is 1.00 bits per heavy atom. The molecule has 3 aromatic rings. The number of rotatable bonds is 7. The zero-order valence-electron chi connectivity index (χ0n) is 19.0. The molecular formula is C25H25Cl2N5O3. The molecule has 1 N–H and O–H groups in total. The monoisotopic (exact) mass is 513 g/mol. The van der Waals surface area contributed by atoms with E-state index in [1.165, 1.54) is 11.8 Å². The number of ether oxygens (including phenoxy) is 1. The van der Waals surface area contributed by atoms with Gasteiger partial charge in [-0.15, -0.1) is 5.10 Å². The van der Waals surface area contributed by atoms with Crippen molar-refractivity contribution in [3.05, 3.63) is 63.8 Å². The molecule has 0 bridgehead atoms. The smallest absolute Gasteiger partial charge is 0.336 e. The van der Waals surface area contributed by atoms with Gasteiger partial charge in [-0.1, -0.05) is 52.6 Å². The summed E-state index contributed by atoms with van der Waals surface area (Å²) in [4.78, 5) is 20.8. The molecule has 0 radical (unpaired) electrons. The number of benzene rings is 2. The molecule has 10 heteroatoms. The molecule has 1 amide bonds. The Morgan fingerprint density at radius 2 is 1.66 bits per heavy atom. The first-order chi connectivity index (χ1) is 17.0. The van der Waals surface area contributed by atoms with Crippen molar-refractivity contribution in [2.24, 2.45) is 5.92 Å². The number of piperazine rings is 1. The van der Waals surface area contributed by atoms with Crippen molar-refractivity contribution in [1.82, 2.24) is 25.0 Å². The van der Waals surface area contributed by atoms with Crippen LogP contribution in [-0.2, 0) is 17.9 Å². The third-order valence-corrected chi connectivity index (χ3v) is 6.84. The van der Waals surface area contributed by atoms with Crippen molar-refractivity contribution in [1.29, 1.82) is 0 Å². The molecular weight excluding hydrogens is 489 g/mol. The topological polar surface area (TPSA) is 91.7 Å². The molecule has 1 saturated carbocycles. The van der Waals surface area contributed by atoms with Crippen LogP contribution in [-0.4, -0.2) is 62.2 Å². The van der Waals surface area contributed by atoms with Crippen molar-refractivity contribution < 1.29 is 14.6 Å². The van der Waals surface area contributed by atoms with E-state index >= 15 is 0 Å². The number of hydrogen-bond acceptors (Lipinski definition) is 7. The lowest BCUT2D eigenvalue weighted by atomic mass is 10.1. The second-order valence-electron chi connectivity index (χ2n) is 8.90. The fourth-order valence-electron chi connectivity index (χ4n) is 4.04. The predicted octanol–water partition coefficient (Wildman–Crippen LogP) is 4.18. The molecule has 1 saturated heterocycles. The van der Waals surface area contributed by atoms with Crippen LogP contribution in [0.2, 0.25) is 10.0 Å². The number of hydrogen-bond donors (Lipinski definition) is 1. The molecule has 1 aromatic heterocycles. The van der Waals surface area contributed by atoms with Gasteiger partial charge in [0.1, 0.15) is 12.3 Å². The highest BCUT2D eigenvalue weighted by atomic mass is 35.5. The highest BCUT2D eigenvalue weighted by molar-refractivity contribution is 6.37. The van der Waals surface area contributed by atoms with Crippen LogP contribution < -0.4 is 4.74 Å². The Bertz CT molecular complexity index is 1170. The van der Waals surface area contributed by atoms with Gasteiger partial charge < -0.3 is 14.7 Å². The molecule has 2 aromatic carbocycles. The maximum Gasteiger partial charge on any atom is 0.336 e. The van der Waals surface area contributed by atoms with E-state index in [2.05, 4.69) is 32.2 Å². The number of aromatic hydroxyl groups is 1. The molecule has 2 aliphatic rings. The Labute approximate surface area is 213 Å². The van der Waals surface area contributed by atoms with Crippen LogP contribution in [0.15, 0.2) is 42.6 Å². The number of nitrogens with zero attached hydrogens (tertiary/aromatic N) is 5. The van der Waals surface area contributed by atoms with Crippen LogP contribution in [0.25, 0.3) is 11.3 Å². The van der Waals surface area contributed by atoms with E-state index in [-0.39, 0.29) is 21.8 Å². The molecule has 2 heterocycles. The maximum absolute atomic E-state index is 12.2. The second-order valence-corrected chi connectivity index (χ2v) is 9.71. The summed E-state index contributed by atoms with van der Waals surface area (Å²) in [7, 11) is 0. The first-order valence-electron chi connectivity index (χ1n) is 11.6. The Kier molecular flexibility index (Phi) is 7.04. The van der Waals surface area contributed by atoms with E-state index < -0.39 is 0 Å². The molecule has 0 atom stereocenters. The summed E-state index contributed by atoms with van der Waals surface area (Å²) in [6, 6.07) is 11.5. The molecule has 0 unspecified atom stereocenters. The van der Waals surface area contributed by atoms with Gasteiger partial charge in [-0.25, -0.2) is 4.98 Å². The lowest BCUT2D eigenvalue weighted by Gasteiger charge is -2.35. The number of halogens is 2. The zero-order chi connectivity index (χ0) is 24.4. The Hall–Kier alpha value is -2.94. The average Bonchev–Trinajstić information content (AvgIpc) is 3.73. The average molecular weight is 514 g/mol. The third-order valence-electron chi connectivity index (χ3n) is 6.26. The molecule has 8 nitrogen and oxygen atoms in total. The molecule has 35 heavy (non-hydrogen) atoms. The van der Waals surface area contributed by atoms with E-state index in [1.807, 2.05) is 17.0 Å². The Morgan fingerprint density at radius 3 is 2.26 bits per heavy atom.